The van der Waals surface area contributed by atoms with Crippen molar-refractivity contribution in [2.75, 3.05) is 6.61 Å². The summed E-state index contributed by atoms with van der Waals surface area (Å²) in [4.78, 5) is 16.9. The molecule has 4 rings (SSSR count). The Labute approximate surface area is 193 Å². The van der Waals surface area contributed by atoms with E-state index in [1.807, 2.05) is 0 Å². The molecule has 0 aliphatic carbocycles. The van der Waals surface area contributed by atoms with Crippen LogP contribution < -0.4 is 4.74 Å². The van der Waals surface area contributed by atoms with Crippen LogP contribution in [0, 0.1) is 0 Å². The van der Waals surface area contributed by atoms with Crippen LogP contribution in [0.1, 0.15) is 28.5 Å². The van der Waals surface area contributed by atoms with E-state index in [2.05, 4.69) is 4.98 Å². The highest BCUT2D eigenvalue weighted by molar-refractivity contribution is 6.07. The number of benzene rings is 2. The Hall–Kier alpha value is -4.01. The number of nitrogens with zero attached hydrogens (tertiary/aromatic N) is 2. The molecule has 34 heavy (non-hydrogen) atoms. The molecule has 0 saturated carbocycles. The molecule has 9 heteroatoms. The summed E-state index contributed by atoms with van der Waals surface area (Å²) in [5.74, 6) is -1.09. The molecule has 6 nitrogen and oxygen atoms in total. The molecule has 1 N–H and O–H groups in total. The van der Waals surface area contributed by atoms with Crippen molar-refractivity contribution in [3.63, 3.8) is 0 Å². The number of carbonyl (C=O) groups excluding carboxylic acids is 1. The fraction of sp³-hybridized carbons (Fsp3) is 0.200. The SMILES string of the molecule is CCOC(=O)c1c(COc2ccccc2C(F)(F)F)n(C)c2cc(-c3cccnc3)c(O)cc12. The van der Waals surface area contributed by atoms with Gasteiger partial charge in [-0.3, -0.25) is 4.98 Å². The van der Waals surface area contributed by atoms with Crippen LogP contribution in [-0.2, 0) is 24.6 Å². The minimum Gasteiger partial charge on any atom is -0.507 e. The third-order valence-electron chi connectivity index (χ3n) is 5.45. The maximum Gasteiger partial charge on any atom is 0.419 e. The second-order valence-corrected chi connectivity index (χ2v) is 7.51. The molecular formula is C25H21F3N2O4. The first-order chi connectivity index (χ1) is 16.2. The summed E-state index contributed by atoms with van der Waals surface area (Å²) in [5, 5.41) is 11.1. The van der Waals surface area contributed by atoms with E-state index in [0.29, 0.717) is 27.7 Å². The van der Waals surface area contributed by atoms with E-state index in [1.54, 1.807) is 49.1 Å². The van der Waals surface area contributed by atoms with Gasteiger partial charge in [0.05, 0.1) is 23.4 Å². The van der Waals surface area contributed by atoms with Gasteiger partial charge in [0.15, 0.2) is 0 Å². The number of phenols is 1. The summed E-state index contributed by atoms with van der Waals surface area (Å²) >= 11 is 0. The molecule has 2 aromatic heterocycles. The summed E-state index contributed by atoms with van der Waals surface area (Å²) in [7, 11) is 1.67. The first kappa shape index (κ1) is 23.2. The molecule has 2 heterocycles. The summed E-state index contributed by atoms with van der Waals surface area (Å²) in [6.07, 6.45) is -1.40. The van der Waals surface area contributed by atoms with Crippen LogP contribution in [0.25, 0.3) is 22.0 Å². The van der Waals surface area contributed by atoms with Crippen LogP contribution in [0.2, 0.25) is 0 Å². The number of esters is 1. The number of rotatable bonds is 6. The van der Waals surface area contributed by atoms with Crippen LogP contribution in [0.4, 0.5) is 13.2 Å². The number of phenolic OH excluding ortho intramolecular Hbond substituents is 1. The van der Waals surface area contributed by atoms with Crippen LogP contribution in [-0.4, -0.2) is 27.2 Å². The van der Waals surface area contributed by atoms with Gasteiger partial charge in [-0.25, -0.2) is 4.79 Å². The molecule has 0 fully saturated rings. The van der Waals surface area contributed by atoms with E-state index in [0.717, 1.165) is 6.07 Å². The third kappa shape index (κ3) is 4.28. The number of fused-ring (bicyclic) bond motifs is 1. The zero-order valence-electron chi connectivity index (χ0n) is 18.4. The summed E-state index contributed by atoms with van der Waals surface area (Å²) in [5.41, 5.74) is 1.25. The molecule has 0 radical (unpaired) electrons. The van der Waals surface area contributed by atoms with Gasteiger partial charge < -0.3 is 19.1 Å². The van der Waals surface area contributed by atoms with Gasteiger partial charge in [-0.05, 0) is 37.3 Å². The number of pyridine rings is 1. The molecular weight excluding hydrogens is 449 g/mol. The van der Waals surface area contributed by atoms with Gasteiger partial charge >= 0.3 is 12.1 Å². The Morgan fingerprint density at radius 2 is 1.91 bits per heavy atom. The normalized spacial score (nSPS) is 11.6. The van der Waals surface area contributed by atoms with Crippen LogP contribution in [0.3, 0.4) is 0 Å². The van der Waals surface area contributed by atoms with Crippen molar-refractivity contribution < 1.29 is 32.5 Å². The largest absolute Gasteiger partial charge is 0.507 e. The van der Waals surface area contributed by atoms with Gasteiger partial charge in [-0.15, -0.1) is 0 Å². The highest BCUT2D eigenvalue weighted by atomic mass is 19.4. The topological polar surface area (TPSA) is 73.6 Å². The lowest BCUT2D eigenvalue weighted by Crippen LogP contribution is -2.13. The van der Waals surface area contributed by atoms with Crippen LogP contribution in [0.15, 0.2) is 60.9 Å². The number of aromatic hydroxyl groups is 1. The molecule has 0 saturated heterocycles. The Kier molecular flexibility index (Phi) is 6.19. The average Bonchev–Trinajstić information content (AvgIpc) is 3.08. The zero-order valence-corrected chi connectivity index (χ0v) is 18.4. The van der Waals surface area contributed by atoms with Crippen molar-refractivity contribution in [2.24, 2.45) is 7.05 Å². The number of para-hydroxylation sites is 1. The van der Waals surface area contributed by atoms with Gasteiger partial charge in [0.2, 0.25) is 0 Å². The van der Waals surface area contributed by atoms with Crippen molar-refractivity contribution in [1.82, 2.24) is 9.55 Å². The Balaban J connectivity index is 1.84. The van der Waals surface area contributed by atoms with Gasteiger partial charge in [-0.2, -0.15) is 13.2 Å². The van der Waals surface area contributed by atoms with Gasteiger partial charge in [0.25, 0.3) is 0 Å². The number of ether oxygens (including phenoxy) is 2. The van der Waals surface area contributed by atoms with E-state index in [4.69, 9.17) is 9.47 Å². The van der Waals surface area contributed by atoms with Gasteiger partial charge in [0, 0.05) is 41.5 Å². The molecule has 0 bridgehead atoms. The summed E-state index contributed by atoms with van der Waals surface area (Å²) in [6, 6.07) is 11.5. The van der Waals surface area contributed by atoms with Crippen LogP contribution in [0.5, 0.6) is 11.5 Å². The predicted molar refractivity (Wildman–Crippen MR) is 120 cm³/mol. The minimum absolute atomic E-state index is 0.0773. The van der Waals surface area contributed by atoms with Crippen molar-refractivity contribution in [3.8, 4) is 22.6 Å². The predicted octanol–water partition coefficient (Wildman–Crippen LogP) is 5.72. The molecule has 0 aliphatic rings. The highest BCUT2D eigenvalue weighted by Crippen LogP contribution is 2.39. The number of aryl methyl sites for hydroxylation is 1. The first-order valence-corrected chi connectivity index (χ1v) is 10.4. The molecule has 0 unspecified atom stereocenters. The number of hydrogen-bond donors (Lipinski definition) is 1. The number of carbonyl (C=O) groups is 1. The number of aromatic nitrogens is 2. The van der Waals surface area contributed by atoms with Gasteiger partial charge in [0.1, 0.15) is 18.1 Å². The summed E-state index contributed by atoms with van der Waals surface area (Å²) < 4.78 is 52.6. The lowest BCUT2D eigenvalue weighted by molar-refractivity contribution is -0.139. The molecule has 0 spiro atoms. The third-order valence-corrected chi connectivity index (χ3v) is 5.45. The lowest BCUT2D eigenvalue weighted by atomic mass is 10.0. The monoisotopic (exact) mass is 470 g/mol. The number of hydrogen-bond acceptors (Lipinski definition) is 5. The molecule has 176 valence electrons. The second kappa shape index (κ2) is 9.09. The highest BCUT2D eigenvalue weighted by Gasteiger charge is 2.34. The summed E-state index contributed by atoms with van der Waals surface area (Å²) in [6.45, 7) is 1.43. The Morgan fingerprint density at radius 1 is 1.15 bits per heavy atom. The number of alkyl halides is 3. The van der Waals surface area contributed by atoms with Crippen molar-refractivity contribution >= 4 is 16.9 Å². The number of halogens is 3. The van der Waals surface area contributed by atoms with Crippen LogP contribution >= 0.6 is 0 Å². The van der Waals surface area contributed by atoms with Crippen molar-refractivity contribution in [3.05, 3.63) is 77.7 Å². The van der Waals surface area contributed by atoms with Crippen molar-refractivity contribution in [1.29, 1.82) is 0 Å². The molecule has 0 atom stereocenters. The quantitative estimate of drug-likeness (QED) is 0.365. The maximum absolute atomic E-state index is 13.4. The molecule has 0 aliphatic heterocycles. The van der Waals surface area contributed by atoms with Crippen molar-refractivity contribution in [2.45, 2.75) is 19.7 Å². The Morgan fingerprint density at radius 3 is 2.59 bits per heavy atom. The standard InChI is InChI=1S/C25H21F3N2O4/c1-3-33-24(32)23-17-12-21(31)16(15-7-6-10-29-13-15)11-19(17)30(2)20(23)14-34-22-9-5-4-8-18(22)25(26,27)28/h4-13,31H,3,14H2,1-2H3. The maximum atomic E-state index is 13.4. The zero-order chi connectivity index (χ0) is 24.5. The van der Waals surface area contributed by atoms with E-state index in [1.165, 1.54) is 24.3 Å². The fourth-order valence-electron chi connectivity index (χ4n) is 3.85. The lowest BCUT2D eigenvalue weighted by Gasteiger charge is -2.15. The smallest absolute Gasteiger partial charge is 0.419 e. The minimum atomic E-state index is -4.59. The average molecular weight is 470 g/mol. The first-order valence-electron chi connectivity index (χ1n) is 10.4. The molecule has 4 aromatic rings. The fourth-order valence-corrected chi connectivity index (χ4v) is 3.85. The van der Waals surface area contributed by atoms with E-state index >= 15 is 0 Å². The molecule has 0 amide bonds. The van der Waals surface area contributed by atoms with E-state index < -0.39 is 17.7 Å². The van der Waals surface area contributed by atoms with E-state index in [9.17, 15) is 23.1 Å². The van der Waals surface area contributed by atoms with Gasteiger partial charge in [-0.1, -0.05) is 18.2 Å². The Bertz CT molecular complexity index is 1350. The second-order valence-electron chi connectivity index (χ2n) is 7.51. The molecule has 2 aromatic carbocycles. The van der Waals surface area contributed by atoms with E-state index in [-0.39, 0.29) is 30.3 Å².